The second-order valence-corrected chi connectivity index (χ2v) is 3.20. The molecule has 0 saturated carbocycles. The van der Waals surface area contributed by atoms with Gasteiger partial charge in [-0.15, -0.1) is 0 Å². The third kappa shape index (κ3) is 4.20. The molecule has 6 nitrogen and oxygen atoms in total. The van der Waals surface area contributed by atoms with Crippen molar-refractivity contribution in [1.82, 2.24) is 5.32 Å². The first-order valence-corrected chi connectivity index (χ1v) is 4.18. The molecule has 0 heterocycles. The molecule has 0 saturated heterocycles. The van der Waals surface area contributed by atoms with Gasteiger partial charge in [0.1, 0.15) is 5.54 Å². The number of primary amides is 1. The van der Waals surface area contributed by atoms with Crippen LogP contribution < -0.4 is 11.1 Å². The molecule has 1 unspecified atom stereocenters. The Kier molecular flexibility index (Phi) is 5.11. The lowest BCUT2D eigenvalue weighted by Crippen LogP contribution is -2.52. The van der Waals surface area contributed by atoms with E-state index in [0.717, 1.165) is 0 Å². The Labute approximate surface area is 82.4 Å². The van der Waals surface area contributed by atoms with Crippen molar-refractivity contribution in [2.24, 2.45) is 5.73 Å². The molecule has 0 rings (SSSR count). The zero-order valence-corrected chi connectivity index (χ0v) is 8.37. The summed E-state index contributed by atoms with van der Waals surface area (Å²) < 4.78 is 4.77. The molecule has 0 aliphatic rings. The minimum Gasteiger partial charge on any atom is -0.480 e. The minimum atomic E-state index is -1.18. The number of hydrogen-bond donors (Lipinski definition) is 3. The van der Waals surface area contributed by atoms with Crippen LogP contribution in [0.5, 0.6) is 0 Å². The molecule has 0 aliphatic carbocycles. The van der Waals surface area contributed by atoms with Gasteiger partial charge in [0, 0.05) is 13.7 Å². The number of carbonyl (C=O) groups excluding carboxylic acids is 1. The molecule has 1 amide bonds. The molecule has 0 aromatic carbocycles. The van der Waals surface area contributed by atoms with Crippen molar-refractivity contribution in [3.05, 3.63) is 0 Å². The molecular weight excluding hydrogens is 188 g/mol. The van der Waals surface area contributed by atoms with Crippen LogP contribution in [0.2, 0.25) is 0 Å². The van der Waals surface area contributed by atoms with Gasteiger partial charge in [0.25, 0.3) is 0 Å². The maximum absolute atomic E-state index is 10.9. The van der Waals surface area contributed by atoms with Gasteiger partial charge in [0.05, 0.1) is 6.54 Å². The van der Waals surface area contributed by atoms with Gasteiger partial charge < -0.3 is 15.6 Å². The standard InChI is InChI=1S/C8H16N2O4/c1-8(7(12)13,3-4-14-2)10-5-6(9)11/h10H,3-5H2,1-2H3,(H2,9,11)(H,12,13). The van der Waals surface area contributed by atoms with Gasteiger partial charge in [-0.1, -0.05) is 0 Å². The highest BCUT2D eigenvalue weighted by Gasteiger charge is 2.32. The largest absolute Gasteiger partial charge is 0.480 e. The Balaban J connectivity index is 4.24. The molecule has 0 fully saturated rings. The smallest absolute Gasteiger partial charge is 0.323 e. The number of carbonyl (C=O) groups is 2. The van der Waals surface area contributed by atoms with E-state index in [2.05, 4.69) is 5.32 Å². The van der Waals surface area contributed by atoms with E-state index in [-0.39, 0.29) is 13.0 Å². The van der Waals surface area contributed by atoms with Crippen molar-refractivity contribution in [1.29, 1.82) is 0 Å². The van der Waals surface area contributed by atoms with E-state index in [4.69, 9.17) is 15.6 Å². The quantitative estimate of drug-likeness (QED) is 0.490. The first kappa shape index (κ1) is 12.9. The Morgan fingerprint density at radius 2 is 2.14 bits per heavy atom. The van der Waals surface area contributed by atoms with Crippen molar-refractivity contribution in [3.8, 4) is 0 Å². The third-order valence-electron chi connectivity index (χ3n) is 1.93. The van der Waals surface area contributed by atoms with Crippen molar-refractivity contribution in [3.63, 3.8) is 0 Å². The van der Waals surface area contributed by atoms with Crippen LogP contribution in [0.25, 0.3) is 0 Å². The number of rotatable bonds is 7. The lowest BCUT2D eigenvalue weighted by Gasteiger charge is -2.25. The van der Waals surface area contributed by atoms with E-state index in [1.165, 1.54) is 14.0 Å². The summed E-state index contributed by atoms with van der Waals surface area (Å²) in [4.78, 5) is 21.3. The third-order valence-corrected chi connectivity index (χ3v) is 1.93. The zero-order chi connectivity index (χ0) is 11.2. The van der Waals surface area contributed by atoms with Gasteiger partial charge in [-0.2, -0.15) is 0 Å². The highest BCUT2D eigenvalue weighted by molar-refractivity contribution is 5.81. The molecule has 0 aromatic heterocycles. The second-order valence-electron chi connectivity index (χ2n) is 3.20. The van der Waals surface area contributed by atoms with Crippen LogP contribution in [0, 0.1) is 0 Å². The van der Waals surface area contributed by atoms with E-state index in [0.29, 0.717) is 6.61 Å². The number of methoxy groups -OCH3 is 1. The number of nitrogens with two attached hydrogens (primary N) is 1. The van der Waals surface area contributed by atoms with Crippen LogP contribution in [-0.4, -0.2) is 42.8 Å². The summed E-state index contributed by atoms with van der Waals surface area (Å²) in [6.45, 7) is 1.62. The minimum absolute atomic E-state index is 0.160. The molecule has 0 aliphatic heterocycles. The number of carboxylic acids is 1. The fourth-order valence-electron chi connectivity index (χ4n) is 0.859. The molecule has 4 N–H and O–H groups in total. The van der Waals surface area contributed by atoms with Crippen molar-refractivity contribution < 1.29 is 19.4 Å². The molecule has 1 atom stereocenters. The Morgan fingerprint density at radius 3 is 2.50 bits per heavy atom. The fraction of sp³-hybridized carbons (Fsp3) is 0.750. The van der Waals surface area contributed by atoms with Gasteiger partial charge in [0.15, 0.2) is 0 Å². The summed E-state index contributed by atoms with van der Waals surface area (Å²) >= 11 is 0. The lowest BCUT2D eigenvalue weighted by molar-refractivity contribution is -0.145. The number of carboxylic acid groups (broad SMARTS) is 1. The topological polar surface area (TPSA) is 102 Å². The Morgan fingerprint density at radius 1 is 1.57 bits per heavy atom. The van der Waals surface area contributed by atoms with E-state index in [1.807, 2.05) is 0 Å². The summed E-state index contributed by atoms with van der Waals surface area (Å²) in [5.74, 6) is -1.62. The normalized spacial score (nSPS) is 14.7. The molecule has 82 valence electrons. The van der Waals surface area contributed by atoms with Crippen molar-refractivity contribution >= 4 is 11.9 Å². The van der Waals surface area contributed by atoms with Crippen LogP contribution in [0.4, 0.5) is 0 Å². The summed E-state index contributed by atoms with van der Waals surface area (Å²) in [6.07, 6.45) is 0.270. The van der Waals surface area contributed by atoms with Gasteiger partial charge in [0.2, 0.25) is 5.91 Å². The predicted octanol–water partition coefficient (Wildman–Crippen LogP) is -1.06. The number of aliphatic carboxylic acids is 1. The monoisotopic (exact) mass is 204 g/mol. The molecule has 0 spiro atoms. The van der Waals surface area contributed by atoms with E-state index < -0.39 is 17.4 Å². The van der Waals surface area contributed by atoms with E-state index in [9.17, 15) is 9.59 Å². The van der Waals surface area contributed by atoms with E-state index in [1.54, 1.807) is 0 Å². The predicted molar refractivity (Wildman–Crippen MR) is 49.7 cm³/mol. The molecule has 6 heteroatoms. The maximum Gasteiger partial charge on any atom is 0.323 e. The van der Waals surface area contributed by atoms with Crippen LogP contribution in [0.1, 0.15) is 13.3 Å². The summed E-state index contributed by atoms with van der Waals surface area (Å²) in [5.41, 5.74) is 3.73. The highest BCUT2D eigenvalue weighted by Crippen LogP contribution is 2.09. The highest BCUT2D eigenvalue weighted by atomic mass is 16.5. The Bertz CT molecular complexity index is 219. The summed E-state index contributed by atoms with van der Waals surface area (Å²) in [7, 11) is 1.48. The SMILES string of the molecule is COCCC(C)(NCC(N)=O)C(=O)O. The first-order chi connectivity index (χ1) is 6.42. The Hall–Kier alpha value is -1.14. The fourth-order valence-corrected chi connectivity index (χ4v) is 0.859. The zero-order valence-electron chi connectivity index (χ0n) is 8.37. The maximum atomic E-state index is 10.9. The second kappa shape index (κ2) is 5.56. The number of ether oxygens (including phenoxy) is 1. The van der Waals surface area contributed by atoms with Gasteiger partial charge in [-0.05, 0) is 13.3 Å². The molecule has 0 radical (unpaired) electrons. The molecule has 14 heavy (non-hydrogen) atoms. The summed E-state index contributed by atoms with van der Waals surface area (Å²) in [5, 5.41) is 11.5. The van der Waals surface area contributed by atoms with Crippen LogP contribution in [-0.2, 0) is 14.3 Å². The average molecular weight is 204 g/mol. The number of nitrogens with one attached hydrogen (secondary N) is 1. The van der Waals surface area contributed by atoms with Crippen LogP contribution in [0.3, 0.4) is 0 Å². The average Bonchev–Trinajstić information content (AvgIpc) is 2.11. The molecule has 0 bridgehead atoms. The first-order valence-electron chi connectivity index (χ1n) is 4.18. The lowest BCUT2D eigenvalue weighted by atomic mass is 9.98. The van der Waals surface area contributed by atoms with Gasteiger partial charge in [-0.3, -0.25) is 14.9 Å². The van der Waals surface area contributed by atoms with Crippen molar-refractivity contribution in [2.75, 3.05) is 20.3 Å². The number of hydrogen-bond acceptors (Lipinski definition) is 4. The summed E-state index contributed by atoms with van der Waals surface area (Å²) in [6, 6.07) is 0. The van der Waals surface area contributed by atoms with Gasteiger partial charge in [-0.25, -0.2) is 0 Å². The number of amides is 1. The van der Waals surface area contributed by atoms with Crippen LogP contribution in [0.15, 0.2) is 0 Å². The van der Waals surface area contributed by atoms with E-state index >= 15 is 0 Å². The van der Waals surface area contributed by atoms with Gasteiger partial charge >= 0.3 is 5.97 Å². The molecule has 0 aromatic rings. The molecular formula is C8H16N2O4. The van der Waals surface area contributed by atoms with Crippen LogP contribution >= 0.6 is 0 Å². The van der Waals surface area contributed by atoms with Crippen molar-refractivity contribution in [2.45, 2.75) is 18.9 Å².